The zero-order valence-corrected chi connectivity index (χ0v) is 16.5. The molecule has 0 saturated carbocycles. The number of aromatic amines is 1. The number of fused-ring (bicyclic) bond motifs is 1. The summed E-state index contributed by atoms with van der Waals surface area (Å²) < 4.78 is 5.08. The number of carbonyl (C=O) groups is 2. The molecular formula is C20H26ClN3O3. The lowest BCUT2D eigenvalue weighted by molar-refractivity contribution is -0.143. The first kappa shape index (κ1) is 19.7. The lowest BCUT2D eigenvalue weighted by atomic mass is 9.89. The average molecular weight is 392 g/mol. The molecule has 27 heavy (non-hydrogen) atoms. The van der Waals surface area contributed by atoms with Crippen LogP contribution in [0.1, 0.15) is 25.3 Å². The molecule has 0 radical (unpaired) electrons. The maximum absolute atomic E-state index is 12.7. The molecule has 2 amide bonds. The molecule has 2 heterocycles. The van der Waals surface area contributed by atoms with Crippen LogP contribution < -0.4 is 5.32 Å². The van der Waals surface area contributed by atoms with Crippen LogP contribution in [0, 0.1) is 5.92 Å². The Hall–Kier alpha value is -2.05. The van der Waals surface area contributed by atoms with Crippen molar-refractivity contribution in [1.82, 2.24) is 15.2 Å². The zero-order valence-electron chi connectivity index (χ0n) is 15.8. The summed E-state index contributed by atoms with van der Waals surface area (Å²) >= 11 is 6.09. The second-order valence-electron chi connectivity index (χ2n) is 7.01. The van der Waals surface area contributed by atoms with E-state index in [1.807, 2.05) is 31.3 Å². The first-order valence-corrected chi connectivity index (χ1v) is 9.70. The van der Waals surface area contributed by atoms with Crippen molar-refractivity contribution in [1.29, 1.82) is 0 Å². The Morgan fingerprint density at radius 1 is 1.44 bits per heavy atom. The van der Waals surface area contributed by atoms with Gasteiger partial charge in [0.2, 0.25) is 11.8 Å². The number of likely N-dealkylation sites (tertiary alicyclic amines) is 1. The fourth-order valence-electron chi connectivity index (χ4n) is 3.79. The van der Waals surface area contributed by atoms with Crippen LogP contribution >= 0.6 is 11.6 Å². The minimum atomic E-state index is -0.183. The van der Waals surface area contributed by atoms with Crippen LogP contribution in [0.4, 0.5) is 0 Å². The smallest absolute Gasteiger partial charge is 0.225 e. The van der Waals surface area contributed by atoms with Crippen LogP contribution in [0.2, 0.25) is 5.02 Å². The van der Waals surface area contributed by atoms with Crippen LogP contribution in [0.15, 0.2) is 24.4 Å². The van der Waals surface area contributed by atoms with Crippen molar-refractivity contribution in [2.45, 2.75) is 32.2 Å². The van der Waals surface area contributed by atoms with Crippen molar-refractivity contribution in [3.63, 3.8) is 0 Å². The third kappa shape index (κ3) is 4.45. The van der Waals surface area contributed by atoms with Crippen molar-refractivity contribution < 1.29 is 14.3 Å². The third-order valence-electron chi connectivity index (χ3n) is 5.36. The highest BCUT2D eigenvalue weighted by atomic mass is 35.5. The number of H-pyrrole nitrogens is 1. The maximum atomic E-state index is 12.7. The van der Waals surface area contributed by atoms with Gasteiger partial charge in [-0.2, -0.15) is 0 Å². The number of methoxy groups -OCH3 is 1. The molecule has 0 aliphatic carbocycles. The highest BCUT2D eigenvalue weighted by Gasteiger charge is 2.36. The van der Waals surface area contributed by atoms with Gasteiger partial charge < -0.3 is 19.9 Å². The number of nitrogens with zero attached hydrogens (tertiary/aromatic N) is 1. The zero-order chi connectivity index (χ0) is 19.4. The van der Waals surface area contributed by atoms with Gasteiger partial charge in [0, 0.05) is 54.8 Å². The van der Waals surface area contributed by atoms with Gasteiger partial charge in [0.05, 0.1) is 12.5 Å². The lowest BCUT2D eigenvalue weighted by Crippen LogP contribution is -2.52. The summed E-state index contributed by atoms with van der Waals surface area (Å²) in [6.07, 6.45) is 3.69. The fraction of sp³-hybridized carbons (Fsp3) is 0.500. The maximum Gasteiger partial charge on any atom is 0.225 e. The quantitative estimate of drug-likeness (QED) is 0.762. The van der Waals surface area contributed by atoms with E-state index >= 15 is 0 Å². The number of aromatic nitrogens is 1. The van der Waals surface area contributed by atoms with Crippen LogP contribution in [0.25, 0.3) is 10.9 Å². The Kier molecular flexibility index (Phi) is 6.39. The molecule has 1 aromatic heterocycles. The number of benzene rings is 1. The number of hydrogen-bond acceptors (Lipinski definition) is 3. The number of rotatable bonds is 7. The summed E-state index contributed by atoms with van der Waals surface area (Å²) in [7, 11) is 1.61. The summed E-state index contributed by atoms with van der Waals surface area (Å²) in [4.78, 5) is 29.8. The molecule has 0 spiro atoms. The van der Waals surface area contributed by atoms with E-state index in [0.29, 0.717) is 37.6 Å². The first-order valence-electron chi connectivity index (χ1n) is 9.33. The second-order valence-corrected chi connectivity index (χ2v) is 7.45. The number of carbonyl (C=O) groups excluding carboxylic acids is 2. The van der Waals surface area contributed by atoms with Crippen LogP contribution in [-0.2, 0) is 20.7 Å². The molecule has 146 valence electrons. The molecule has 6 nitrogen and oxygen atoms in total. The van der Waals surface area contributed by atoms with Crippen LogP contribution in [0.3, 0.4) is 0 Å². The van der Waals surface area contributed by atoms with E-state index < -0.39 is 0 Å². The SMILES string of the molecule is COCCN1C(=O)CC[C@@H](C(=O)NCCc2c[nH]c3ccc(Cl)cc23)[C@H]1C. The van der Waals surface area contributed by atoms with E-state index in [9.17, 15) is 9.59 Å². The summed E-state index contributed by atoms with van der Waals surface area (Å²) in [5.74, 6) is -0.0773. The van der Waals surface area contributed by atoms with E-state index in [0.717, 1.165) is 22.9 Å². The molecule has 2 aromatic rings. The van der Waals surface area contributed by atoms with E-state index in [4.69, 9.17) is 16.3 Å². The molecule has 1 saturated heterocycles. The van der Waals surface area contributed by atoms with Crippen LogP contribution in [-0.4, -0.2) is 54.5 Å². The van der Waals surface area contributed by atoms with E-state index in [2.05, 4.69) is 10.3 Å². The second kappa shape index (κ2) is 8.76. The Labute approximate surface area is 164 Å². The topological polar surface area (TPSA) is 74.4 Å². The summed E-state index contributed by atoms with van der Waals surface area (Å²) in [5, 5.41) is 4.82. The summed E-state index contributed by atoms with van der Waals surface area (Å²) in [6.45, 7) is 3.50. The van der Waals surface area contributed by atoms with Gasteiger partial charge in [-0.3, -0.25) is 9.59 Å². The molecule has 1 aromatic carbocycles. The first-order chi connectivity index (χ1) is 13.0. The molecule has 2 N–H and O–H groups in total. The van der Waals surface area contributed by atoms with Gasteiger partial charge in [-0.05, 0) is 43.5 Å². The summed E-state index contributed by atoms with van der Waals surface area (Å²) in [6, 6.07) is 5.63. The highest BCUT2D eigenvalue weighted by Crippen LogP contribution is 2.25. The number of nitrogens with one attached hydrogen (secondary N) is 2. The molecular weight excluding hydrogens is 366 g/mol. The monoisotopic (exact) mass is 391 g/mol. The molecule has 1 aliphatic heterocycles. The molecule has 7 heteroatoms. The van der Waals surface area contributed by atoms with Gasteiger partial charge in [0.1, 0.15) is 0 Å². The van der Waals surface area contributed by atoms with Crippen molar-refractivity contribution in [3.05, 3.63) is 35.0 Å². The van der Waals surface area contributed by atoms with E-state index in [-0.39, 0.29) is 23.8 Å². The van der Waals surface area contributed by atoms with Crippen LogP contribution in [0.5, 0.6) is 0 Å². The van der Waals surface area contributed by atoms with Gasteiger partial charge in [0.15, 0.2) is 0 Å². The van der Waals surface area contributed by atoms with Crippen molar-refractivity contribution in [3.8, 4) is 0 Å². The Balaban J connectivity index is 1.56. The Bertz CT molecular complexity index is 820. The Morgan fingerprint density at radius 3 is 3.04 bits per heavy atom. The van der Waals surface area contributed by atoms with Gasteiger partial charge in [-0.1, -0.05) is 11.6 Å². The van der Waals surface area contributed by atoms with Crippen molar-refractivity contribution in [2.24, 2.45) is 5.92 Å². The highest BCUT2D eigenvalue weighted by molar-refractivity contribution is 6.31. The average Bonchev–Trinajstić information content (AvgIpc) is 3.04. The third-order valence-corrected chi connectivity index (χ3v) is 5.59. The van der Waals surface area contributed by atoms with Gasteiger partial charge in [-0.15, -0.1) is 0 Å². The molecule has 0 unspecified atom stereocenters. The normalized spacial score (nSPS) is 20.3. The van der Waals surface area contributed by atoms with E-state index in [1.165, 1.54) is 0 Å². The number of amides is 2. The largest absolute Gasteiger partial charge is 0.383 e. The number of hydrogen-bond donors (Lipinski definition) is 2. The van der Waals surface area contributed by atoms with E-state index in [1.54, 1.807) is 12.0 Å². The lowest BCUT2D eigenvalue weighted by Gasteiger charge is -2.38. The van der Waals surface area contributed by atoms with Crippen molar-refractivity contribution >= 4 is 34.3 Å². The van der Waals surface area contributed by atoms with Crippen molar-refractivity contribution in [2.75, 3.05) is 26.8 Å². The predicted octanol–water partition coefficient (Wildman–Crippen LogP) is 2.75. The standard InChI is InChI=1S/C20H26ClN3O3/c1-13-16(4-6-19(25)24(13)9-10-27-2)20(26)22-8-7-14-12-23-18-5-3-15(21)11-17(14)18/h3,5,11-13,16,23H,4,6-10H2,1-2H3,(H,22,26)/t13-,16-/m1/s1. The molecule has 3 rings (SSSR count). The summed E-state index contributed by atoms with van der Waals surface area (Å²) in [5.41, 5.74) is 2.16. The fourth-order valence-corrected chi connectivity index (χ4v) is 3.96. The minimum absolute atomic E-state index is 0.00953. The molecule has 2 atom stereocenters. The van der Waals surface area contributed by atoms with Gasteiger partial charge in [0.25, 0.3) is 0 Å². The molecule has 1 fully saturated rings. The van der Waals surface area contributed by atoms with Gasteiger partial charge >= 0.3 is 0 Å². The minimum Gasteiger partial charge on any atom is -0.383 e. The number of piperidine rings is 1. The number of ether oxygens (including phenoxy) is 1. The molecule has 0 bridgehead atoms. The Morgan fingerprint density at radius 2 is 2.26 bits per heavy atom. The predicted molar refractivity (Wildman–Crippen MR) is 106 cm³/mol. The van der Waals surface area contributed by atoms with Gasteiger partial charge in [-0.25, -0.2) is 0 Å². The molecule has 1 aliphatic rings. The number of halogens is 1.